The van der Waals surface area contributed by atoms with E-state index in [0.717, 1.165) is 11.1 Å². The van der Waals surface area contributed by atoms with Crippen molar-refractivity contribution in [2.24, 2.45) is 7.05 Å². The lowest BCUT2D eigenvalue weighted by atomic mass is 10.1. The van der Waals surface area contributed by atoms with Gasteiger partial charge in [0.25, 0.3) is 5.56 Å². The minimum Gasteiger partial charge on any atom is -0.268 e. The van der Waals surface area contributed by atoms with Crippen LogP contribution < -0.4 is 10.3 Å². The zero-order valence-corrected chi connectivity index (χ0v) is 14.4. The van der Waals surface area contributed by atoms with Gasteiger partial charge in [-0.15, -0.1) is 0 Å². The van der Waals surface area contributed by atoms with Crippen LogP contribution in [0.1, 0.15) is 5.56 Å². The van der Waals surface area contributed by atoms with E-state index in [1.165, 1.54) is 22.9 Å². The molecule has 0 saturated heterocycles. The first-order chi connectivity index (χ1) is 12.0. The van der Waals surface area contributed by atoms with Crippen molar-refractivity contribution in [2.45, 2.75) is 11.4 Å². The van der Waals surface area contributed by atoms with Crippen LogP contribution in [0.4, 0.5) is 0 Å². The van der Waals surface area contributed by atoms with Crippen molar-refractivity contribution in [1.82, 2.24) is 14.5 Å². The summed E-state index contributed by atoms with van der Waals surface area (Å²) in [6, 6.07) is 18.7. The molecule has 0 aliphatic heterocycles. The van der Waals surface area contributed by atoms with Crippen LogP contribution in [0, 0.1) is 0 Å². The maximum atomic E-state index is 12.4. The maximum Gasteiger partial charge on any atom is 0.266 e. The van der Waals surface area contributed by atoms with E-state index in [4.69, 9.17) is 0 Å². The molecule has 6 nitrogen and oxygen atoms in total. The first-order valence-electron chi connectivity index (χ1n) is 7.64. The predicted octanol–water partition coefficient (Wildman–Crippen LogP) is 1.93. The summed E-state index contributed by atoms with van der Waals surface area (Å²) in [5.41, 5.74) is 2.02. The SMILES string of the molecule is Cn1nc(-c2ccc(S(=O)(=O)NCc3ccccc3)cc2)ccc1=O. The highest BCUT2D eigenvalue weighted by Gasteiger charge is 2.14. The number of nitrogens with zero attached hydrogens (tertiary/aromatic N) is 2. The summed E-state index contributed by atoms with van der Waals surface area (Å²) in [5.74, 6) is 0. The summed E-state index contributed by atoms with van der Waals surface area (Å²) in [7, 11) is -2.03. The standard InChI is InChI=1S/C18H17N3O3S/c1-21-18(22)12-11-17(20-21)15-7-9-16(10-8-15)25(23,24)19-13-14-5-3-2-4-6-14/h2-12,19H,13H2,1H3. The van der Waals surface area contributed by atoms with Gasteiger partial charge in [0.2, 0.25) is 10.0 Å². The third-order valence-electron chi connectivity index (χ3n) is 3.73. The Kier molecular flexibility index (Phi) is 4.78. The number of hydrogen-bond acceptors (Lipinski definition) is 4. The lowest BCUT2D eigenvalue weighted by molar-refractivity contribution is 0.581. The first-order valence-corrected chi connectivity index (χ1v) is 9.12. The highest BCUT2D eigenvalue weighted by Crippen LogP contribution is 2.18. The summed E-state index contributed by atoms with van der Waals surface area (Å²) in [6.45, 7) is 0.229. The Morgan fingerprint density at radius 1 is 0.960 bits per heavy atom. The van der Waals surface area contributed by atoms with E-state index in [2.05, 4.69) is 9.82 Å². The molecule has 1 N–H and O–H groups in total. The van der Waals surface area contributed by atoms with Crippen molar-refractivity contribution in [1.29, 1.82) is 0 Å². The molecule has 0 atom stereocenters. The van der Waals surface area contributed by atoms with Crippen LogP contribution in [-0.4, -0.2) is 18.2 Å². The molecule has 0 aliphatic rings. The van der Waals surface area contributed by atoms with Gasteiger partial charge in [-0.3, -0.25) is 4.79 Å². The normalized spacial score (nSPS) is 11.4. The van der Waals surface area contributed by atoms with E-state index in [1.54, 1.807) is 25.2 Å². The van der Waals surface area contributed by atoms with E-state index < -0.39 is 10.0 Å². The van der Waals surface area contributed by atoms with Gasteiger partial charge in [0.15, 0.2) is 0 Å². The molecule has 0 bridgehead atoms. The zero-order valence-electron chi connectivity index (χ0n) is 13.6. The molecule has 1 heterocycles. The second kappa shape index (κ2) is 7.00. The number of aryl methyl sites for hydroxylation is 1. The summed E-state index contributed by atoms with van der Waals surface area (Å²) in [4.78, 5) is 11.6. The van der Waals surface area contributed by atoms with Crippen LogP contribution in [0.15, 0.2) is 76.4 Å². The van der Waals surface area contributed by atoms with Gasteiger partial charge in [-0.05, 0) is 23.8 Å². The Labute approximate surface area is 145 Å². The van der Waals surface area contributed by atoms with E-state index in [-0.39, 0.29) is 17.0 Å². The van der Waals surface area contributed by atoms with E-state index in [1.807, 2.05) is 30.3 Å². The molecule has 0 radical (unpaired) electrons. The minimum absolute atomic E-state index is 0.178. The molecule has 7 heteroatoms. The zero-order chi connectivity index (χ0) is 17.9. The van der Waals surface area contributed by atoms with Crippen LogP contribution >= 0.6 is 0 Å². The Morgan fingerprint density at radius 3 is 2.28 bits per heavy atom. The van der Waals surface area contributed by atoms with Crippen LogP contribution in [-0.2, 0) is 23.6 Å². The molecular weight excluding hydrogens is 338 g/mol. The maximum absolute atomic E-state index is 12.4. The highest BCUT2D eigenvalue weighted by molar-refractivity contribution is 7.89. The average Bonchev–Trinajstić information content (AvgIpc) is 2.63. The van der Waals surface area contributed by atoms with Crippen molar-refractivity contribution in [2.75, 3.05) is 0 Å². The molecule has 0 aliphatic carbocycles. The number of benzene rings is 2. The highest BCUT2D eigenvalue weighted by atomic mass is 32.2. The molecular formula is C18H17N3O3S. The molecule has 25 heavy (non-hydrogen) atoms. The van der Waals surface area contributed by atoms with Crippen molar-refractivity contribution in [3.63, 3.8) is 0 Å². The molecule has 3 aromatic rings. The van der Waals surface area contributed by atoms with Crippen molar-refractivity contribution < 1.29 is 8.42 Å². The molecule has 3 rings (SSSR count). The molecule has 0 amide bonds. The lowest BCUT2D eigenvalue weighted by Gasteiger charge is -2.08. The summed E-state index contributed by atoms with van der Waals surface area (Å²) in [5, 5.41) is 4.15. The van der Waals surface area contributed by atoms with Crippen LogP contribution in [0.25, 0.3) is 11.3 Å². The van der Waals surface area contributed by atoms with Crippen LogP contribution in [0.2, 0.25) is 0 Å². The van der Waals surface area contributed by atoms with Gasteiger partial charge in [0.1, 0.15) is 0 Å². The number of sulfonamides is 1. The Bertz CT molecular complexity index is 1030. The average molecular weight is 355 g/mol. The topological polar surface area (TPSA) is 81.1 Å². The van der Waals surface area contributed by atoms with Crippen LogP contribution in [0.3, 0.4) is 0 Å². The fraction of sp³-hybridized carbons (Fsp3) is 0.111. The molecule has 1 aromatic heterocycles. The number of rotatable bonds is 5. The molecule has 0 saturated carbocycles. The summed E-state index contributed by atoms with van der Waals surface area (Å²) < 4.78 is 28.6. The summed E-state index contributed by atoms with van der Waals surface area (Å²) in [6.07, 6.45) is 0. The largest absolute Gasteiger partial charge is 0.268 e. The van der Waals surface area contributed by atoms with Gasteiger partial charge in [0.05, 0.1) is 10.6 Å². The van der Waals surface area contributed by atoms with E-state index in [0.29, 0.717) is 5.69 Å². The lowest BCUT2D eigenvalue weighted by Crippen LogP contribution is -2.23. The Morgan fingerprint density at radius 2 is 1.64 bits per heavy atom. The third kappa shape index (κ3) is 4.01. The molecule has 2 aromatic carbocycles. The molecule has 0 fully saturated rings. The van der Waals surface area contributed by atoms with Gasteiger partial charge in [-0.1, -0.05) is 42.5 Å². The van der Waals surface area contributed by atoms with Crippen molar-refractivity contribution in [3.8, 4) is 11.3 Å². The second-order valence-electron chi connectivity index (χ2n) is 5.51. The molecule has 0 spiro atoms. The summed E-state index contributed by atoms with van der Waals surface area (Å²) >= 11 is 0. The second-order valence-corrected chi connectivity index (χ2v) is 7.28. The monoisotopic (exact) mass is 355 g/mol. The van der Waals surface area contributed by atoms with Crippen molar-refractivity contribution in [3.05, 3.63) is 82.6 Å². The molecule has 0 unspecified atom stereocenters. The van der Waals surface area contributed by atoms with Gasteiger partial charge in [-0.25, -0.2) is 17.8 Å². The number of nitrogens with one attached hydrogen (secondary N) is 1. The van der Waals surface area contributed by atoms with Gasteiger partial charge < -0.3 is 0 Å². The fourth-order valence-electron chi connectivity index (χ4n) is 2.32. The Balaban J connectivity index is 1.78. The first kappa shape index (κ1) is 17.1. The number of hydrogen-bond donors (Lipinski definition) is 1. The predicted molar refractivity (Wildman–Crippen MR) is 95.4 cm³/mol. The van der Waals surface area contributed by atoms with Gasteiger partial charge in [-0.2, -0.15) is 5.10 Å². The Hall–Kier alpha value is -2.77. The quantitative estimate of drug-likeness (QED) is 0.758. The van der Waals surface area contributed by atoms with Crippen molar-refractivity contribution >= 4 is 10.0 Å². The fourth-order valence-corrected chi connectivity index (χ4v) is 3.34. The van der Waals surface area contributed by atoms with E-state index >= 15 is 0 Å². The third-order valence-corrected chi connectivity index (χ3v) is 5.15. The smallest absolute Gasteiger partial charge is 0.266 e. The van der Waals surface area contributed by atoms with E-state index in [9.17, 15) is 13.2 Å². The number of aromatic nitrogens is 2. The minimum atomic E-state index is -3.60. The molecule has 128 valence electrons. The van der Waals surface area contributed by atoms with Gasteiger partial charge in [0, 0.05) is 25.2 Å². The van der Waals surface area contributed by atoms with Gasteiger partial charge >= 0.3 is 0 Å². The van der Waals surface area contributed by atoms with Crippen LogP contribution in [0.5, 0.6) is 0 Å².